The lowest BCUT2D eigenvalue weighted by Crippen LogP contribution is -2.23. The molecular weight excluding hydrogens is 116 g/mol. The third-order valence-electron chi connectivity index (χ3n) is 1.16. The molecule has 2 aliphatic heterocycles. The molecule has 0 aromatic rings. The monoisotopic (exact) mass is 121 g/mol. The fraction of sp³-hybridized carbons (Fsp3) is 0. The first-order chi connectivity index (χ1) is 4.47. The number of nitrogens with one attached hydrogen (secondary N) is 1. The molecule has 2 aliphatic rings. The first-order valence-corrected chi connectivity index (χ1v) is 2.63. The molecule has 2 rings (SSSR count). The molecule has 0 fully saturated rings. The molecule has 0 aromatic carbocycles. The smallest absolute Gasteiger partial charge is 0.116 e. The maximum atomic E-state index is 4.89. The van der Waals surface area contributed by atoms with Crippen molar-refractivity contribution in [1.29, 1.82) is 0 Å². The van der Waals surface area contributed by atoms with Crippen LogP contribution in [0.2, 0.25) is 0 Å². The van der Waals surface area contributed by atoms with Crippen LogP contribution in [-0.4, -0.2) is 5.01 Å². The van der Waals surface area contributed by atoms with Crippen LogP contribution in [0.5, 0.6) is 0 Å². The number of hydrogen-bond acceptors (Lipinski definition) is 3. The van der Waals surface area contributed by atoms with E-state index in [2.05, 4.69) is 11.6 Å². The van der Waals surface area contributed by atoms with Gasteiger partial charge in [0.15, 0.2) is 0 Å². The van der Waals surface area contributed by atoms with Crippen molar-refractivity contribution in [1.82, 2.24) is 10.4 Å². The zero-order chi connectivity index (χ0) is 6.10. The van der Waals surface area contributed by atoms with Crippen molar-refractivity contribution in [2.24, 2.45) is 0 Å². The average molecular weight is 121 g/mol. The van der Waals surface area contributed by atoms with Gasteiger partial charge in [0.1, 0.15) is 12.5 Å². The Bertz CT molecular complexity index is 205. The van der Waals surface area contributed by atoms with E-state index in [4.69, 9.17) is 4.74 Å². The lowest BCUT2D eigenvalue weighted by atomic mass is 10.4. The summed E-state index contributed by atoms with van der Waals surface area (Å²) in [6, 6.07) is 0. The molecule has 0 spiro atoms. The summed E-state index contributed by atoms with van der Waals surface area (Å²) in [6.45, 7) is 0. The van der Waals surface area contributed by atoms with E-state index in [0.717, 1.165) is 5.70 Å². The number of ether oxygens (including phenoxy) is 1. The minimum atomic E-state index is 0.970. The van der Waals surface area contributed by atoms with Crippen molar-refractivity contribution in [3.8, 4) is 0 Å². The maximum Gasteiger partial charge on any atom is 0.116 e. The van der Waals surface area contributed by atoms with Gasteiger partial charge in [0.05, 0.1) is 18.1 Å². The topological polar surface area (TPSA) is 24.5 Å². The van der Waals surface area contributed by atoms with Crippen molar-refractivity contribution in [3.63, 3.8) is 0 Å². The van der Waals surface area contributed by atoms with Gasteiger partial charge in [-0.3, -0.25) is 10.4 Å². The fourth-order valence-corrected chi connectivity index (χ4v) is 0.729. The lowest BCUT2D eigenvalue weighted by molar-refractivity contribution is 0.314. The third kappa shape index (κ3) is 0.579. The summed E-state index contributed by atoms with van der Waals surface area (Å²) in [6.07, 6.45) is 9.65. The molecule has 0 unspecified atom stereocenters. The van der Waals surface area contributed by atoms with Gasteiger partial charge < -0.3 is 4.74 Å². The zero-order valence-corrected chi connectivity index (χ0v) is 4.66. The number of nitrogens with zero attached hydrogens (tertiary/aromatic N) is 1. The Morgan fingerprint density at radius 2 is 2.67 bits per heavy atom. The number of hydrogen-bond donors (Lipinski definition) is 1. The van der Waals surface area contributed by atoms with E-state index in [1.807, 2.05) is 11.1 Å². The predicted octanol–water partition coefficient (Wildman–Crippen LogP) is 0.466. The van der Waals surface area contributed by atoms with Gasteiger partial charge in [-0.1, -0.05) is 0 Å². The van der Waals surface area contributed by atoms with Gasteiger partial charge in [0, 0.05) is 0 Å². The Hall–Kier alpha value is -1.38. The number of rotatable bonds is 0. The molecule has 0 bridgehead atoms. The molecule has 0 saturated heterocycles. The van der Waals surface area contributed by atoms with E-state index >= 15 is 0 Å². The van der Waals surface area contributed by atoms with Crippen LogP contribution < -0.4 is 5.43 Å². The molecule has 0 saturated carbocycles. The Labute approximate surface area is 52.9 Å². The van der Waals surface area contributed by atoms with E-state index in [0.29, 0.717) is 0 Å². The molecule has 3 nitrogen and oxygen atoms in total. The SMILES string of the molecule is [C]1=CC2=COC=CN2N1. The quantitative estimate of drug-likeness (QED) is 0.504. The molecule has 3 heteroatoms. The summed E-state index contributed by atoms with van der Waals surface area (Å²) in [4.78, 5) is 0. The molecule has 9 heavy (non-hydrogen) atoms. The highest BCUT2D eigenvalue weighted by molar-refractivity contribution is 5.20. The van der Waals surface area contributed by atoms with Crippen LogP contribution in [0, 0.1) is 6.20 Å². The summed E-state index contributed by atoms with van der Waals surface area (Å²) in [5.41, 5.74) is 3.82. The normalized spacial score (nSPS) is 20.4. The highest BCUT2D eigenvalue weighted by Crippen LogP contribution is 2.12. The molecule has 0 atom stereocenters. The summed E-state index contributed by atoms with van der Waals surface area (Å²) in [7, 11) is 0. The molecule has 0 aromatic heterocycles. The van der Waals surface area contributed by atoms with Gasteiger partial charge in [-0.05, 0) is 6.08 Å². The Balaban J connectivity index is 2.29. The van der Waals surface area contributed by atoms with Gasteiger partial charge in [-0.15, -0.1) is 0 Å². The Morgan fingerprint density at radius 1 is 1.67 bits per heavy atom. The fourth-order valence-electron chi connectivity index (χ4n) is 0.729. The third-order valence-corrected chi connectivity index (χ3v) is 1.16. The van der Waals surface area contributed by atoms with Crippen molar-refractivity contribution in [2.75, 3.05) is 0 Å². The van der Waals surface area contributed by atoms with E-state index in [-0.39, 0.29) is 0 Å². The average Bonchev–Trinajstić information content (AvgIpc) is 2.33. The summed E-state index contributed by atoms with van der Waals surface area (Å²) < 4.78 is 4.89. The van der Waals surface area contributed by atoms with Crippen molar-refractivity contribution in [3.05, 3.63) is 36.7 Å². The van der Waals surface area contributed by atoms with Crippen molar-refractivity contribution >= 4 is 0 Å². The largest absolute Gasteiger partial charge is 0.469 e. The second kappa shape index (κ2) is 1.55. The van der Waals surface area contributed by atoms with E-state index in [9.17, 15) is 0 Å². The first kappa shape index (κ1) is 4.49. The van der Waals surface area contributed by atoms with Gasteiger partial charge in [0.25, 0.3) is 0 Å². The number of hydrazine groups is 1. The highest BCUT2D eigenvalue weighted by atomic mass is 16.5. The van der Waals surface area contributed by atoms with Crippen LogP contribution in [-0.2, 0) is 4.74 Å². The lowest BCUT2D eigenvalue weighted by Gasteiger charge is -2.16. The second-order valence-corrected chi connectivity index (χ2v) is 1.73. The maximum absolute atomic E-state index is 4.89. The van der Waals surface area contributed by atoms with Crippen molar-refractivity contribution in [2.45, 2.75) is 0 Å². The van der Waals surface area contributed by atoms with E-state index in [1.165, 1.54) is 0 Å². The van der Waals surface area contributed by atoms with Crippen LogP contribution in [0.1, 0.15) is 0 Å². The van der Waals surface area contributed by atoms with Gasteiger partial charge >= 0.3 is 0 Å². The van der Waals surface area contributed by atoms with E-state index < -0.39 is 0 Å². The van der Waals surface area contributed by atoms with Gasteiger partial charge in [0.2, 0.25) is 0 Å². The molecule has 0 aliphatic carbocycles. The zero-order valence-electron chi connectivity index (χ0n) is 4.66. The predicted molar refractivity (Wildman–Crippen MR) is 31.1 cm³/mol. The van der Waals surface area contributed by atoms with Crippen LogP contribution in [0.3, 0.4) is 0 Å². The van der Waals surface area contributed by atoms with Crippen LogP contribution >= 0.6 is 0 Å². The van der Waals surface area contributed by atoms with Crippen LogP contribution in [0.4, 0.5) is 0 Å². The molecule has 2 heterocycles. The number of allylic oxidation sites excluding steroid dienone is 1. The number of fused-ring (bicyclic) bond motifs is 1. The minimum Gasteiger partial charge on any atom is -0.469 e. The summed E-state index contributed by atoms with van der Waals surface area (Å²) >= 11 is 0. The Kier molecular flexibility index (Phi) is 0.773. The molecule has 1 radical (unpaired) electrons. The van der Waals surface area contributed by atoms with Crippen LogP contribution in [0.15, 0.2) is 30.5 Å². The minimum absolute atomic E-state index is 0.970. The molecular formula is C6H5N2O. The summed E-state index contributed by atoms with van der Waals surface area (Å²) in [5, 5.41) is 1.81. The molecule has 45 valence electrons. The van der Waals surface area contributed by atoms with Gasteiger partial charge in [-0.25, -0.2) is 0 Å². The van der Waals surface area contributed by atoms with Crippen LogP contribution in [0.25, 0.3) is 0 Å². The standard InChI is InChI=1S/C6H5N2O/c1-2-7-8-3-4-9-5-6(1)8/h1,3-5,7H. The highest BCUT2D eigenvalue weighted by Gasteiger charge is 2.10. The Morgan fingerprint density at radius 3 is 3.56 bits per heavy atom. The second-order valence-electron chi connectivity index (χ2n) is 1.73. The molecule has 1 N–H and O–H groups in total. The summed E-state index contributed by atoms with van der Waals surface area (Å²) in [5.74, 6) is 0. The first-order valence-electron chi connectivity index (χ1n) is 2.63. The van der Waals surface area contributed by atoms with Gasteiger partial charge in [-0.2, -0.15) is 0 Å². The molecule has 0 amide bonds. The van der Waals surface area contributed by atoms with E-state index in [1.54, 1.807) is 18.7 Å². The van der Waals surface area contributed by atoms with Crippen molar-refractivity contribution < 1.29 is 4.74 Å².